The Morgan fingerprint density at radius 2 is 2.04 bits per heavy atom. The van der Waals surface area contributed by atoms with E-state index in [0.29, 0.717) is 17.0 Å². The third kappa shape index (κ3) is 3.85. The normalized spacial score (nSPS) is 15.2. The van der Waals surface area contributed by atoms with E-state index in [2.05, 4.69) is 22.1 Å². The van der Waals surface area contributed by atoms with Gasteiger partial charge >= 0.3 is 0 Å². The molecule has 2 heterocycles. The highest BCUT2D eigenvalue weighted by molar-refractivity contribution is 6.04. The van der Waals surface area contributed by atoms with Gasteiger partial charge in [-0.25, -0.2) is 0 Å². The average Bonchev–Trinajstić information content (AvgIpc) is 2.62. The summed E-state index contributed by atoms with van der Waals surface area (Å²) in [6.07, 6.45) is 5.80. The lowest BCUT2D eigenvalue weighted by atomic mass is 9.99. The number of rotatable bonds is 4. The molecular formula is C19H23N3O2. The van der Waals surface area contributed by atoms with Crippen LogP contribution in [0.5, 0.6) is 5.75 Å². The first-order valence-corrected chi connectivity index (χ1v) is 8.31. The molecule has 5 heteroatoms. The summed E-state index contributed by atoms with van der Waals surface area (Å²) in [5.74, 6) is 1.32. The Morgan fingerprint density at radius 1 is 1.25 bits per heavy atom. The zero-order chi connectivity index (χ0) is 16.9. The van der Waals surface area contributed by atoms with Crippen LogP contribution in [0.3, 0.4) is 0 Å². The van der Waals surface area contributed by atoms with Crippen molar-refractivity contribution in [2.45, 2.75) is 19.8 Å². The van der Waals surface area contributed by atoms with Crippen LogP contribution in [0.15, 0.2) is 42.7 Å². The summed E-state index contributed by atoms with van der Waals surface area (Å²) in [6.45, 7) is 4.32. The third-order valence-corrected chi connectivity index (χ3v) is 4.46. The summed E-state index contributed by atoms with van der Waals surface area (Å²) < 4.78 is 5.18. The molecule has 3 rings (SSSR count). The summed E-state index contributed by atoms with van der Waals surface area (Å²) >= 11 is 0. The molecule has 0 unspecified atom stereocenters. The van der Waals surface area contributed by atoms with Gasteiger partial charge in [-0.1, -0.05) is 13.0 Å². The topological polar surface area (TPSA) is 54.5 Å². The molecule has 1 aromatic heterocycles. The van der Waals surface area contributed by atoms with E-state index in [4.69, 9.17) is 4.74 Å². The number of carbonyl (C=O) groups excluding carboxylic acids is 1. The van der Waals surface area contributed by atoms with Crippen LogP contribution in [-0.2, 0) is 0 Å². The van der Waals surface area contributed by atoms with Gasteiger partial charge in [-0.3, -0.25) is 9.78 Å². The maximum Gasteiger partial charge on any atom is 0.257 e. The number of amides is 1. The van der Waals surface area contributed by atoms with Crippen molar-refractivity contribution < 1.29 is 9.53 Å². The quantitative estimate of drug-likeness (QED) is 0.933. The second-order valence-electron chi connectivity index (χ2n) is 6.29. The summed E-state index contributed by atoms with van der Waals surface area (Å²) in [7, 11) is 1.60. The number of benzene rings is 1. The number of anilines is 2. The number of hydrogen-bond donors (Lipinski definition) is 1. The fourth-order valence-corrected chi connectivity index (χ4v) is 2.90. The Balaban J connectivity index is 1.72. The molecule has 126 valence electrons. The van der Waals surface area contributed by atoms with Gasteiger partial charge in [-0.05, 0) is 37.0 Å². The Kier molecular flexibility index (Phi) is 4.99. The van der Waals surface area contributed by atoms with E-state index in [9.17, 15) is 4.79 Å². The smallest absolute Gasteiger partial charge is 0.257 e. The van der Waals surface area contributed by atoms with Crippen molar-refractivity contribution >= 4 is 17.3 Å². The molecule has 1 amide bonds. The van der Waals surface area contributed by atoms with Crippen molar-refractivity contribution in [3.05, 3.63) is 48.3 Å². The highest BCUT2D eigenvalue weighted by atomic mass is 16.5. The highest BCUT2D eigenvalue weighted by Gasteiger charge is 2.17. The first kappa shape index (κ1) is 16.3. The predicted molar refractivity (Wildman–Crippen MR) is 95.8 cm³/mol. The Bertz CT molecular complexity index is 709. The standard InChI is InChI=1S/C19H23N3O2/c1-14-6-8-22(9-7-14)17-10-15(12-20-13-17)19(23)21-16-4-3-5-18(11-16)24-2/h3-5,10-14H,6-9H2,1-2H3,(H,21,23). The molecule has 1 N–H and O–H groups in total. The number of hydrogen-bond acceptors (Lipinski definition) is 4. The molecule has 0 atom stereocenters. The van der Waals surface area contributed by atoms with Crippen LogP contribution >= 0.6 is 0 Å². The number of carbonyl (C=O) groups is 1. The lowest BCUT2D eigenvalue weighted by molar-refractivity contribution is 0.102. The Hall–Kier alpha value is -2.56. The van der Waals surface area contributed by atoms with Crippen LogP contribution in [-0.4, -0.2) is 31.1 Å². The highest BCUT2D eigenvalue weighted by Crippen LogP contribution is 2.23. The lowest BCUT2D eigenvalue weighted by Crippen LogP contribution is -2.33. The van der Waals surface area contributed by atoms with Crippen LogP contribution < -0.4 is 15.0 Å². The zero-order valence-corrected chi connectivity index (χ0v) is 14.2. The van der Waals surface area contributed by atoms with E-state index in [1.807, 2.05) is 30.5 Å². The lowest BCUT2D eigenvalue weighted by Gasteiger charge is -2.32. The second kappa shape index (κ2) is 7.34. The molecule has 2 aromatic rings. The average molecular weight is 325 g/mol. The van der Waals surface area contributed by atoms with Gasteiger partial charge in [0.15, 0.2) is 0 Å². The molecule has 5 nitrogen and oxygen atoms in total. The number of nitrogens with one attached hydrogen (secondary N) is 1. The van der Waals surface area contributed by atoms with Gasteiger partial charge in [-0.15, -0.1) is 0 Å². The SMILES string of the molecule is COc1cccc(NC(=O)c2cncc(N3CCC(C)CC3)c2)c1. The van der Waals surface area contributed by atoms with Crippen molar-refractivity contribution in [2.75, 3.05) is 30.4 Å². The summed E-state index contributed by atoms with van der Waals surface area (Å²) in [4.78, 5) is 19.0. The molecular weight excluding hydrogens is 302 g/mol. The number of methoxy groups -OCH3 is 1. The van der Waals surface area contributed by atoms with Crippen LogP contribution in [0.25, 0.3) is 0 Å². The van der Waals surface area contributed by atoms with Crippen molar-refractivity contribution in [3.63, 3.8) is 0 Å². The van der Waals surface area contributed by atoms with E-state index in [1.54, 1.807) is 19.4 Å². The molecule has 1 aliphatic rings. The van der Waals surface area contributed by atoms with Crippen LogP contribution in [0.1, 0.15) is 30.1 Å². The second-order valence-corrected chi connectivity index (χ2v) is 6.29. The Labute approximate surface area is 142 Å². The molecule has 0 bridgehead atoms. The minimum Gasteiger partial charge on any atom is -0.497 e. The van der Waals surface area contributed by atoms with Gasteiger partial charge in [0.1, 0.15) is 5.75 Å². The number of pyridine rings is 1. The van der Waals surface area contributed by atoms with Gasteiger partial charge < -0.3 is 15.0 Å². The van der Waals surface area contributed by atoms with Gasteiger partial charge in [-0.2, -0.15) is 0 Å². The zero-order valence-electron chi connectivity index (χ0n) is 14.2. The Morgan fingerprint density at radius 3 is 2.79 bits per heavy atom. The number of piperidine rings is 1. The molecule has 0 radical (unpaired) electrons. The summed E-state index contributed by atoms with van der Waals surface area (Å²) in [6, 6.07) is 9.23. The first-order valence-electron chi connectivity index (χ1n) is 8.31. The third-order valence-electron chi connectivity index (χ3n) is 4.46. The summed E-state index contributed by atoms with van der Waals surface area (Å²) in [5.41, 5.74) is 2.28. The molecule has 1 aromatic carbocycles. The van der Waals surface area contributed by atoms with Crippen molar-refractivity contribution in [3.8, 4) is 5.75 Å². The van der Waals surface area contributed by atoms with Crippen molar-refractivity contribution in [1.82, 2.24) is 4.98 Å². The number of nitrogens with zero attached hydrogens (tertiary/aromatic N) is 2. The fraction of sp³-hybridized carbons (Fsp3) is 0.368. The largest absolute Gasteiger partial charge is 0.497 e. The van der Waals surface area contributed by atoms with Crippen LogP contribution in [0.2, 0.25) is 0 Å². The first-order chi connectivity index (χ1) is 11.7. The van der Waals surface area contributed by atoms with Gasteiger partial charge in [0.2, 0.25) is 0 Å². The molecule has 1 fully saturated rings. The molecule has 0 saturated carbocycles. The van der Waals surface area contributed by atoms with Crippen LogP contribution in [0, 0.1) is 5.92 Å². The predicted octanol–water partition coefficient (Wildman–Crippen LogP) is 3.58. The van der Waals surface area contributed by atoms with E-state index in [-0.39, 0.29) is 5.91 Å². The van der Waals surface area contributed by atoms with E-state index in [0.717, 1.165) is 24.7 Å². The fourth-order valence-electron chi connectivity index (χ4n) is 2.90. The van der Waals surface area contributed by atoms with Crippen molar-refractivity contribution in [2.24, 2.45) is 5.92 Å². The molecule has 0 spiro atoms. The minimum atomic E-state index is -0.164. The number of ether oxygens (including phenoxy) is 1. The number of aromatic nitrogens is 1. The molecule has 0 aliphatic carbocycles. The van der Waals surface area contributed by atoms with E-state index >= 15 is 0 Å². The van der Waals surface area contributed by atoms with Gasteiger partial charge in [0.25, 0.3) is 5.91 Å². The monoisotopic (exact) mass is 325 g/mol. The maximum atomic E-state index is 12.5. The molecule has 24 heavy (non-hydrogen) atoms. The van der Waals surface area contributed by atoms with Crippen LogP contribution in [0.4, 0.5) is 11.4 Å². The van der Waals surface area contributed by atoms with Gasteiger partial charge in [0.05, 0.1) is 24.6 Å². The maximum absolute atomic E-state index is 12.5. The molecule has 1 saturated heterocycles. The minimum absolute atomic E-state index is 0.164. The van der Waals surface area contributed by atoms with Gasteiger partial charge in [0, 0.05) is 31.0 Å². The van der Waals surface area contributed by atoms with E-state index < -0.39 is 0 Å². The summed E-state index contributed by atoms with van der Waals surface area (Å²) in [5, 5.41) is 2.89. The van der Waals surface area contributed by atoms with Crippen molar-refractivity contribution in [1.29, 1.82) is 0 Å². The molecule has 1 aliphatic heterocycles. The van der Waals surface area contributed by atoms with E-state index in [1.165, 1.54) is 12.8 Å².